The number of rotatable bonds is 2. The summed E-state index contributed by atoms with van der Waals surface area (Å²) >= 11 is 0. The van der Waals surface area contributed by atoms with Crippen molar-refractivity contribution in [1.82, 2.24) is 9.97 Å². The average molecular weight is 282 g/mol. The van der Waals surface area contributed by atoms with Gasteiger partial charge in [-0.25, -0.2) is 4.98 Å². The summed E-state index contributed by atoms with van der Waals surface area (Å²) in [5, 5.41) is 0. The molecule has 1 heterocycles. The van der Waals surface area contributed by atoms with E-state index in [0.29, 0.717) is 5.92 Å². The fourth-order valence-corrected chi connectivity index (χ4v) is 3.16. The summed E-state index contributed by atoms with van der Waals surface area (Å²) in [7, 11) is 0. The molecule has 0 radical (unpaired) electrons. The summed E-state index contributed by atoms with van der Waals surface area (Å²) in [4.78, 5) is 19.7. The lowest BCUT2D eigenvalue weighted by molar-refractivity contribution is 0.442. The topological polar surface area (TPSA) is 45.8 Å². The largest absolute Gasteiger partial charge is 0.310 e. The predicted molar refractivity (Wildman–Crippen MR) is 85.4 cm³/mol. The smallest absolute Gasteiger partial charge is 0.251 e. The average Bonchev–Trinajstić information content (AvgIpc) is 2.47. The third-order valence-electron chi connectivity index (χ3n) is 4.32. The number of aromatic amines is 1. The van der Waals surface area contributed by atoms with E-state index in [2.05, 4.69) is 4.98 Å². The van der Waals surface area contributed by atoms with Crippen LogP contribution in [0.3, 0.4) is 0 Å². The lowest BCUT2D eigenvalue weighted by atomic mass is 9.90. The monoisotopic (exact) mass is 282 g/mol. The van der Waals surface area contributed by atoms with Gasteiger partial charge in [-0.2, -0.15) is 0 Å². The Hall–Kier alpha value is -1.90. The maximum Gasteiger partial charge on any atom is 0.251 e. The molecule has 0 amide bonds. The minimum atomic E-state index is -0.0408. The van der Waals surface area contributed by atoms with E-state index in [0.717, 1.165) is 29.9 Å². The quantitative estimate of drug-likeness (QED) is 0.894. The van der Waals surface area contributed by atoms with Gasteiger partial charge >= 0.3 is 0 Å². The molecule has 3 heteroatoms. The first-order valence-corrected chi connectivity index (χ1v) is 7.99. The van der Waals surface area contributed by atoms with Crippen molar-refractivity contribution in [2.75, 3.05) is 0 Å². The zero-order valence-electron chi connectivity index (χ0n) is 12.3. The molecule has 21 heavy (non-hydrogen) atoms. The fraction of sp³-hybridized carbons (Fsp3) is 0.444. The van der Waals surface area contributed by atoms with E-state index in [1.165, 1.54) is 32.1 Å². The Bertz CT molecular complexity index is 625. The van der Waals surface area contributed by atoms with E-state index >= 15 is 0 Å². The molecular formula is C18H22N2O. The highest BCUT2D eigenvalue weighted by Crippen LogP contribution is 2.29. The number of aromatic nitrogens is 2. The molecule has 0 unspecified atom stereocenters. The van der Waals surface area contributed by atoms with E-state index in [9.17, 15) is 4.79 Å². The summed E-state index contributed by atoms with van der Waals surface area (Å²) < 4.78 is 0. The zero-order chi connectivity index (χ0) is 14.5. The molecule has 0 aliphatic heterocycles. The van der Waals surface area contributed by atoms with Crippen LogP contribution in [0, 0.1) is 0 Å². The van der Waals surface area contributed by atoms with Crippen molar-refractivity contribution in [3.63, 3.8) is 0 Å². The molecule has 1 fully saturated rings. The van der Waals surface area contributed by atoms with Crippen LogP contribution in [0.2, 0.25) is 0 Å². The van der Waals surface area contributed by atoms with Crippen LogP contribution >= 0.6 is 0 Å². The molecule has 1 N–H and O–H groups in total. The number of benzene rings is 1. The van der Waals surface area contributed by atoms with Crippen molar-refractivity contribution < 1.29 is 0 Å². The molecule has 2 aromatic rings. The van der Waals surface area contributed by atoms with Gasteiger partial charge in [0.15, 0.2) is 0 Å². The van der Waals surface area contributed by atoms with Gasteiger partial charge in [0.05, 0.1) is 5.69 Å². The van der Waals surface area contributed by atoms with Gasteiger partial charge < -0.3 is 4.98 Å². The maximum atomic E-state index is 12.0. The molecule has 0 atom stereocenters. The van der Waals surface area contributed by atoms with Crippen molar-refractivity contribution in [2.24, 2.45) is 0 Å². The van der Waals surface area contributed by atoms with Gasteiger partial charge in [0.2, 0.25) is 0 Å². The second-order valence-electron chi connectivity index (χ2n) is 5.92. The third-order valence-corrected chi connectivity index (χ3v) is 4.32. The van der Waals surface area contributed by atoms with Crippen LogP contribution in [0.4, 0.5) is 0 Å². The standard InChI is InChI=1S/C18H22N2O/c21-17-13-16(14-9-7-4-8-10-14)19-18(20-17)15-11-5-2-1-3-6-12-15/h4,7-10,13,15H,1-3,5-6,11-12H2,(H,19,20,21). The van der Waals surface area contributed by atoms with Crippen LogP contribution in [0.5, 0.6) is 0 Å². The predicted octanol–water partition coefficient (Wildman–Crippen LogP) is 4.26. The molecule has 1 saturated carbocycles. The first-order chi connectivity index (χ1) is 10.3. The van der Waals surface area contributed by atoms with E-state index in [1.54, 1.807) is 6.07 Å². The number of hydrogen-bond donors (Lipinski definition) is 1. The molecule has 0 bridgehead atoms. The summed E-state index contributed by atoms with van der Waals surface area (Å²) in [5.41, 5.74) is 1.76. The van der Waals surface area contributed by atoms with E-state index in [-0.39, 0.29) is 5.56 Å². The third kappa shape index (κ3) is 3.60. The lowest BCUT2D eigenvalue weighted by Gasteiger charge is -2.19. The number of nitrogens with one attached hydrogen (secondary N) is 1. The fourth-order valence-electron chi connectivity index (χ4n) is 3.16. The maximum absolute atomic E-state index is 12.0. The summed E-state index contributed by atoms with van der Waals surface area (Å²) in [6.45, 7) is 0. The van der Waals surface area contributed by atoms with Gasteiger partial charge in [-0.1, -0.05) is 62.4 Å². The van der Waals surface area contributed by atoms with Crippen LogP contribution in [0.25, 0.3) is 11.3 Å². The molecule has 0 spiro atoms. The van der Waals surface area contributed by atoms with Crippen molar-refractivity contribution in [2.45, 2.75) is 50.9 Å². The molecule has 1 aromatic carbocycles. The van der Waals surface area contributed by atoms with Crippen molar-refractivity contribution in [1.29, 1.82) is 0 Å². The number of nitrogens with zero attached hydrogens (tertiary/aromatic N) is 1. The Morgan fingerprint density at radius 2 is 1.62 bits per heavy atom. The summed E-state index contributed by atoms with van der Waals surface area (Å²) in [6.07, 6.45) is 8.72. The van der Waals surface area contributed by atoms with Crippen LogP contribution in [-0.4, -0.2) is 9.97 Å². The van der Waals surface area contributed by atoms with Gasteiger partial charge in [-0.3, -0.25) is 4.79 Å². The number of hydrogen-bond acceptors (Lipinski definition) is 2. The van der Waals surface area contributed by atoms with Crippen LogP contribution in [0.1, 0.15) is 56.7 Å². The van der Waals surface area contributed by atoms with Crippen molar-refractivity contribution in [3.8, 4) is 11.3 Å². The Morgan fingerprint density at radius 3 is 2.33 bits per heavy atom. The van der Waals surface area contributed by atoms with Crippen LogP contribution < -0.4 is 5.56 Å². The van der Waals surface area contributed by atoms with Crippen molar-refractivity contribution in [3.05, 3.63) is 52.6 Å². The molecule has 3 nitrogen and oxygen atoms in total. The second kappa shape index (κ2) is 6.70. The Morgan fingerprint density at radius 1 is 0.952 bits per heavy atom. The Kier molecular flexibility index (Phi) is 4.49. The van der Waals surface area contributed by atoms with Crippen LogP contribution in [-0.2, 0) is 0 Å². The molecule has 1 aliphatic rings. The molecule has 1 aromatic heterocycles. The SMILES string of the molecule is O=c1cc(-c2ccccc2)nc(C2CCCCCCC2)[nH]1. The highest BCUT2D eigenvalue weighted by atomic mass is 16.1. The second-order valence-corrected chi connectivity index (χ2v) is 5.92. The molecule has 3 rings (SSSR count). The first-order valence-electron chi connectivity index (χ1n) is 7.99. The van der Waals surface area contributed by atoms with Gasteiger partial charge in [-0.15, -0.1) is 0 Å². The zero-order valence-corrected chi connectivity index (χ0v) is 12.3. The molecular weight excluding hydrogens is 260 g/mol. The summed E-state index contributed by atoms with van der Waals surface area (Å²) in [5.74, 6) is 1.28. The van der Waals surface area contributed by atoms with Crippen molar-refractivity contribution >= 4 is 0 Å². The minimum Gasteiger partial charge on any atom is -0.310 e. The Balaban J connectivity index is 1.91. The van der Waals surface area contributed by atoms with Gasteiger partial charge in [-0.05, 0) is 12.8 Å². The first kappa shape index (κ1) is 14.1. The molecule has 0 saturated heterocycles. The van der Waals surface area contributed by atoms with Gasteiger partial charge in [0.1, 0.15) is 5.82 Å². The minimum absolute atomic E-state index is 0.0408. The number of H-pyrrole nitrogens is 1. The van der Waals surface area contributed by atoms with Gasteiger partial charge in [0.25, 0.3) is 5.56 Å². The highest BCUT2D eigenvalue weighted by Gasteiger charge is 2.17. The molecule has 110 valence electrons. The Labute approximate surface area is 125 Å². The normalized spacial score (nSPS) is 17.1. The van der Waals surface area contributed by atoms with Crippen LogP contribution in [0.15, 0.2) is 41.2 Å². The molecule has 1 aliphatic carbocycles. The lowest BCUT2D eigenvalue weighted by Crippen LogP contribution is -2.15. The summed E-state index contributed by atoms with van der Waals surface area (Å²) in [6, 6.07) is 11.5. The van der Waals surface area contributed by atoms with E-state index in [4.69, 9.17) is 4.98 Å². The van der Waals surface area contributed by atoms with E-state index in [1.807, 2.05) is 30.3 Å². The highest BCUT2D eigenvalue weighted by molar-refractivity contribution is 5.58. The van der Waals surface area contributed by atoms with Gasteiger partial charge in [0, 0.05) is 17.5 Å². The van der Waals surface area contributed by atoms with E-state index < -0.39 is 0 Å².